The minimum atomic E-state index is -1.47. The standard InChI is InChI=1S/C13H10N2O6/c1-21-13(20)7-4-2-3-5-9(7)15-6-8(11(16)17)10(14-15)12(18)19/h2-6H,1H3,(H,16,17)(H,18,19). The molecule has 1 aromatic heterocycles. The van der Waals surface area contributed by atoms with Crippen LogP contribution in [0.3, 0.4) is 0 Å². The number of carbonyl (C=O) groups excluding carboxylic acids is 1. The maximum Gasteiger partial charge on any atom is 0.357 e. The third-order valence-electron chi connectivity index (χ3n) is 2.70. The number of aromatic nitrogens is 2. The van der Waals surface area contributed by atoms with E-state index in [2.05, 4.69) is 9.84 Å². The fourth-order valence-electron chi connectivity index (χ4n) is 1.77. The van der Waals surface area contributed by atoms with Gasteiger partial charge >= 0.3 is 17.9 Å². The van der Waals surface area contributed by atoms with Crippen LogP contribution in [0, 0.1) is 0 Å². The van der Waals surface area contributed by atoms with Gasteiger partial charge in [0.05, 0.1) is 18.4 Å². The number of benzene rings is 1. The summed E-state index contributed by atoms with van der Waals surface area (Å²) in [6.45, 7) is 0. The van der Waals surface area contributed by atoms with Crippen LogP contribution < -0.4 is 0 Å². The summed E-state index contributed by atoms with van der Waals surface area (Å²) in [5.74, 6) is -3.54. The van der Waals surface area contributed by atoms with Crippen molar-refractivity contribution < 1.29 is 29.3 Å². The third kappa shape index (κ3) is 2.59. The topological polar surface area (TPSA) is 119 Å². The number of ether oxygens (including phenoxy) is 1. The van der Waals surface area contributed by atoms with Gasteiger partial charge in [-0.25, -0.2) is 19.1 Å². The van der Waals surface area contributed by atoms with Crippen molar-refractivity contribution in [2.24, 2.45) is 0 Å². The van der Waals surface area contributed by atoms with E-state index < -0.39 is 29.2 Å². The number of para-hydroxylation sites is 1. The quantitative estimate of drug-likeness (QED) is 0.808. The summed E-state index contributed by atoms with van der Waals surface area (Å²) in [6, 6.07) is 6.15. The molecule has 0 amide bonds. The summed E-state index contributed by atoms with van der Waals surface area (Å²) >= 11 is 0. The number of methoxy groups -OCH3 is 1. The highest BCUT2D eigenvalue weighted by Crippen LogP contribution is 2.17. The molecule has 2 aromatic rings. The van der Waals surface area contributed by atoms with Gasteiger partial charge in [-0.2, -0.15) is 5.10 Å². The maximum atomic E-state index is 11.7. The van der Waals surface area contributed by atoms with Gasteiger partial charge < -0.3 is 14.9 Å². The number of aromatic carboxylic acids is 2. The average molecular weight is 290 g/mol. The second kappa shape index (κ2) is 5.45. The normalized spacial score (nSPS) is 10.1. The van der Waals surface area contributed by atoms with Gasteiger partial charge in [0.15, 0.2) is 5.69 Å². The van der Waals surface area contributed by atoms with Gasteiger partial charge in [-0.05, 0) is 12.1 Å². The van der Waals surface area contributed by atoms with E-state index in [9.17, 15) is 14.4 Å². The van der Waals surface area contributed by atoms with E-state index in [0.29, 0.717) is 0 Å². The summed E-state index contributed by atoms with van der Waals surface area (Å²) in [5.41, 5.74) is -0.722. The van der Waals surface area contributed by atoms with E-state index in [1.807, 2.05) is 0 Å². The summed E-state index contributed by atoms with van der Waals surface area (Å²) in [4.78, 5) is 33.7. The minimum Gasteiger partial charge on any atom is -0.478 e. The smallest absolute Gasteiger partial charge is 0.357 e. The van der Waals surface area contributed by atoms with Gasteiger partial charge in [-0.15, -0.1) is 0 Å². The largest absolute Gasteiger partial charge is 0.478 e. The summed E-state index contributed by atoms with van der Waals surface area (Å²) in [5, 5.41) is 21.7. The number of carbonyl (C=O) groups is 3. The molecule has 0 bridgehead atoms. The van der Waals surface area contributed by atoms with E-state index in [1.165, 1.54) is 19.2 Å². The number of esters is 1. The van der Waals surface area contributed by atoms with Crippen LogP contribution in [0.1, 0.15) is 31.2 Å². The molecule has 0 atom stereocenters. The molecule has 0 saturated heterocycles. The molecule has 8 nitrogen and oxygen atoms in total. The molecule has 0 fully saturated rings. The lowest BCUT2D eigenvalue weighted by Crippen LogP contribution is -2.09. The third-order valence-corrected chi connectivity index (χ3v) is 2.70. The first-order valence-electron chi connectivity index (χ1n) is 5.69. The van der Waals surface area contributed by atoms with Crippen LogP contribution in [0.4, 0.5) is 0 Å². The number of carboxylic acids is 2. The number of carboxylic acid groups (broad SMARTS) is 2. The van der Waals surface area contributed by atoms with Crippen molar-refractivity contribution in [3.8, 4) is 5.69 Å². The van der Waals surface area contributed by atoms with Crippen molar-refractivity contribution in [3.05, 3.63) is 47.3 Å². The predicted molar refractivity (Wildman–Crippen MR) is 68.8 cm³/mol. The van der Waals surface area contributed by atoms with Gasteiger partial charge in [0.25, 0.3) is 0 Å². The Hall–Kier alpha value is -3.16. The van der Waals surface area contributed by atoms with Gasteiger partial charge in [0.2, 0.25) is 0 Å². The molecule has 0 aliphatic rings. The van der Waals surface area contributed by atoms with Gasteiger partial charge in [0.1, 0.15) is 5.56 Å². The highest BCUT2D eigenvalue weighted by atomic mass is 16.5. The SMILES string of the molecule is COC(=O)c1ccccc1-n1cc(C(=O)O)c(C(=O)O)n1. The first-order chi connectivity index (χ1) is 9.95. The molecule has 8 heteroatoms. The highest BCUT2D eigenvalue weighted by Gasteiger charge is 2.23. The Morgan fingerprint density at radius 1 is 1.10 bits per heavy atom. The Morgan fingerprint density at radius 3 is 2.29 bits per heavy atom. The van der Waals surface area contributed by atoms with Crippen molar-refractivity contribution >= 4 is 17.9 Å². The minimum absolute atomic E-state index is 0.136. The van der Waals surface area contributed by atoms with Crippen LogP contribution in [-0.2, 0) is 4.74 Å². The molecule has 2 rings (SSSR count). The first kappa shape index (κ1) is 14.3. The van der Waals surface area contributed by atoms with Gasteiger partial charge in [-0.1, -0.05) is 12.1 Å². The van der Waals surface area contributed by atoms with E-state index in [-0.39, 0.29) is 11.3 Å². The van der Waals surface area contributed by atoms with Gasteiger partial charge in [-0.3, -0.25) is 0 Å². The van der Waals surface area contributed by atoms with E-state index in [0.717, 1.165) is 10.9 Å². The van der Waals surface area contributed by atoms with Gasteiger partial charge in [0, 0.05) is 6.20 Å². The zero-order chi connectivity index (χ0) is 15.6. The molecule has 0 aliphatic heterocycles. The monoisotopic (exact) mass is 290 g/mol. The molecule has 0 unspecified atom stereocenters. The molecular weight excluding hydrogens is 280 g/mol. The maximum absolute atomic E-state index is 11.7. The van der Waals surface area contributed by atoms with Crippen LogP contribution in [0.2, 0.25) is 0 Å². The molecule has 0 saturated carbocycles. The molecule has 108 valence electrons. The summed E-state index contributed by atoms with van der Waals surface area (Å²) in [6.07, 6.45) is 1.04. The lowest BCUT2D eigenvalue weighted by molar-refractivity contribution is 0.0599. The molecule has 1 aromatic carbocycles. The van der Waals surface area contributed by atoms with Crippen molar-refractivity contribution in [1.82, 2.24) is 9.78 Å². The number of rotatable bonds is 4. The number of hydrogen-bond acceptors (Lipinski definition) is 5. The second-order valence-corrected chi connectivity index (χ2v) is 3.95. The van der Waals surface area contributed by atoms with Crippen LogP contribution >= 0.6 is 0 Å². The van der Waals surface area contributed by atoms with E-state index in [1.54, 1.807) is 12.1 Å². The van der Waals surface area contributed by atoms with Crippen LogP contribution in [0.5, 0.6) is 0 Å². The Labute approximate surface area is 118 Å². The predicted octanol–water partition coefficient (Wildman–Crippen LogP) is 1.06. The van der Waals surface area contributed by atoms with Crippen molar-refractivity contribution in [2.75, 3.05) is 7.11 Å². The zero-order valence-corrected chi connectivity index (χ0v) is 10.8. The Bertz CT molecular complexity index is 703. The molecule has 0 radical (unpaired) electrons. The summed E-state index contributed by atoms with van der Waals surface area (Å²) in [7, 11) is 1.20. The lowest BCUT2D eigenvalue weighted by atomic mass is 10.2. The van der Waals surface area contributed by atoms with E-state index in [4.69, 9.17) is 10.2 Å². The Kier molecular flexibility index (Phi) is 3.70. The molecule has 0 spiro atoms. The van der Waals surface area contributed by atoms with Crippen LogP contribution in [-0.4, -0.2) is 45.0 Å². The second-order valence-electron chi connectivity index (χ2n) is 3.95. The number of nitrogens with zero attached hydrogens (tertiary/aromatic N) is 2. The molecule has 21 heavy (non-hydrogen) atoms. The van der Waals surface area contributed by atoms with Crippen LogP contribution in [0.15, 0.2) is 30.5 Å². The van der Waals surface area contributed by atoms with Crippen molar-refractivity contribution in [1.29, 1.82) is 0 Å². The first-order valence-corrected chi connectivity index (χ1v) is 5.69. The molecular formula is C13H10N2O6. The van der Waals surface area contributed by atoms with Crippen molar-refractivity contribution in [2.45, 2.75) is 0 Å². The average Bonchev–Trinajstić information content (AvgIpc) is 2.92. The van der Waals surface area contributed by atoms with Crippen LogP contribution in [0.25, 0.3) is 5.69 Å². The number of hydrogen-bond donors (Lipinski definition) is 2. The Balaban J connectivity index is 2.63. The molecule has 2 N–H and O–H groups in total. The zero-order valence-electron chi connectivity index (χ0n) is 10.8. The summed E-state index contributed by atoms with van der Waals surface area (Å²) < 4.78 is 5.64. The highest BCUT2D eigenvalue weighted by molar-refractivity contribution is 6.00. The van der Waals surface area contributed by atoms with Crippen molar-refractivity contribution in [3.63, 3.8) is 0 Å². The van der Waals surface area contributed by atoms with E-state index >= 15 is 0 Å². The lowest BCUT2D eigenvalue weighted by Gasteiger charge is -2.07. The fraction of sp³-hybridized carbons (Fsp3) is 0.0769. The molecule has 1 heterocycles. The fourth-order valence-corrected chi connectivity index (χ4v) is 1.77. The Morgan fingerprint density at radius 2 is 1.76 bits per heavy atom. The molecule has 0 aliphatic carbocycles.